The summed E-state index contributed by atoms with van der Waals surface area (Å²) in [6, 6.07) is 10.5. The average molecular weight is 479 g/mol. The number of piperidine rings is 1. The number of carbonyl (C=O) groups is 2. The van der Waals surface area contributed by atoms with Crippen LogP contribution in [0.15, 0.2) is 36.4 Å². The SMILES string of the molecule is CN1CCCCC[C@H]1C(=O)N1CCC2(CC1)C[C@H]2C(=O)N1CCN(C/C=C/c2ccccc2)CC1. The molecule has 0 unspecified atom stereocenters. The zero-order valence-electron chi connectivity index (χ0n) is 21.4. The first-order valence-corrected chi connectivity index (χ1v) is 13.8. The number of rotatable bonds is 5. The van der Waals surface area contributed by atoms with Crippen molar-refractivity contribution in [3.05, 3.63) is 42.0 Å². The maximum Gasteiger partial charge on any atom is 0.239 e. The van der Waals surface area contributed by atoms with Crippen molar-refractivity contribution in [1.82, 2.24) is 19.6 Å². The van der Waals surface area contributed by atoms with Crippen LogP contribution in [-0.2, 0) is 9.59 Å². The van der Waals surface area contributed by atoms with Crippen LogP contribution in [-0.4, -0.2) is 96.9 Å². The van der Waals surface area contributed by atoms with Crippen LogP contribution in [0.1, 0.15) is 50.5 Å². The predicted molar refractivity (Wildman–Crippen MR) is 140 cm³/mol. The molecular formula is C29H42N4O2. The van der Waals surface area contributed by atoms with Crippen LogP contribution in [0.25, 0.3) is 6.08 Å². The van der Waals surface area contributed by atoms with Gasteiger partial charge >= 0.3 is 0 Å². The van der Waals surface area contributed by atoms with E-state index in [0.717, 1.165) is 84.5 Å². The summed E-state index contributed by atoms with van der Waals surface area (Å²) < 4.78 is 0. The average Bonchev–Trinajstić information content (AvgIpc) is 3.63. The lowest BCUT2D eigenvalue weighted by molar-refractivity contribution is -0.138. The zero-order valence-corrected chi connectivity index (χ0v) is 21.4. The van der Waals surface area contributed by atoms with Gasteiger partial charge in [-0.2, -0.15) is 0 Å². The fourth-order valence-electron chi connectivity index (χ4n) is 6.47. The molecule has 35 heavy (non-hydrogen) atoms. The molecule has 4 fully saturated rings. The molecule has 0 bridgehead atoms. The van der Waals surface area contributed by atoms with Crippen LogP contribution in [0.3, 0.4) is 0 Å². The van der Waals surface area contributed by atoms with Crippen molar-refractivity contribution in [2.24, 2.45) is 11.3 Å². The molecule has 4 aliphatic rings. The van der Waals surface area contributed by atoms with Gasteiger partial charge in [0.05, 0.1) is 6.04 Å². The van der Waals surface area contributed by atoms with Crippen molar-refractivity contribution < 1.29 is 9.59 Å². The van der Waals surface area contributed by atoms with Crippen LogP contribution in [0.2, 0.25) is 0 Å². The monoisotopic (exact) mass is 478 g/mol. The summed E-state index contributed by atoms with van der Waals surface area (Å²) in [5.41, 5.74) is 1.40. The third-order valence-electron chi connectivity index (χ3n) is 9.02. The topological polar surface area (TPSA) is 47.1 Å². The van der Waals surface area contributed by atoms with Crippen molar-refractivity contribution in [2.45, 2.75) is 51.0 Å². The molecule has 5 rings (SSSR count). The summed E-state index contributed by atoms with van der Waals surface area (Å²) in [5.74, 6) is 0.878. The van der Waals surface area contributed by atoms with Crippen molar-refractivity contribution in [1.29, 1.82) is 0 Å². The third-order valence-corrected chi connectivity index (χ3v) is 9.02. The molecule has 0 radical (unpaired) electrons. The van der Waals surface area contributed by atoms with E-state index in [1.807, 2.05) is 6.07 Å². The summed E-state index contributed by atoms with van der Waals surface area (Å²) in [6.07, 6.45) is 12.0. The second-order valence-electron chi connectivity index (χ2n) is 11.2. The summed E-state index contributed by atoms with van der Waals surface area (Å²) in [6.45, 7) is 7.19. The number of hydrogen-bond donors (Lipinski definition) is 0. The maximum absolute atomic E-state index is 13.3. The minimum Gasteiger partial charge on any atom is -0.341 e. The molecule has 1 aromatic rings. The lowest BCUT2D eigenvalue weighted by Gasteiger charge is -2.38. The van der Waals surface area contributed by atoms with Gasteiger partial charge in [-0.25, -0.2) is 0 Å². The van der Waals surface area contributed by atoms with Gasteiger partial charge < -0.3 is 9.80 Å². The Morgan fingerprint density at radius 2 is 1.60 bits per heavy atom. The molecule has 2 amide bonds. The Labute approximate surface area is 210 Å². The normalized spacial score (nSPS) is 27.8. The Bertz CT molecular complexity index is 901. The lowest BCUT2D eigenvalue weighted by Crippen LogP contribution is -2.51. The van der Waals surface area contributed by atoms with Crippen LogP contribution < -0.4 is 0 Å². The predicted octanol–water partition coefficient (Wildman–Crippen LogP) is 3.35. The van der Waals surface area contributed by atoms with Gasteiger partial charge in [-0.05, 0) is 56.7 Å². The Balaban J connectivity index is 1.05. The minimum absolute atomic E-state index is 0.0574. The molecule has 1 aromatic carbocycles. The van der Waals surface area contributed by atoms with Gasteiger partial charge in [0.2, 0.25) is 11.8 Å². The molecule has 1 saturated carbocycles. The minimum atomic E-state index is 0.0574. The first-order chi connectivity index (χ1) is 17.1. The molecule has 3 heterocycles. The summed E-state index contributed by atoms with van der Waals surface area (Å²) in [5, 5.41) is 0. The van der Waals surface area contributed by atoms with Gasteiger partial charge in [-0.1, -0.05) is 55.3 Å². The number of hydrogen-bond acceptors (Lipinski definition) is 4. The second kappa shape index (κ2) is 10.8. The van der Waals surface area contributed by atoms with Gasteiger partial charge in [0.1, 0.15) is 0 Å². The summed E-state index contributed by atoms with van der Waals surface area (Å²) in [7, 11) is 2.11. The number of amides is 2. The van der Waals surface area contributed by atoms with E-state index in [-0.39, 0.29) is 17.4 Å². The Kier molecular flexibility index (Phi) is 7.59. The number of carbonyl (C=O) groups excluding carboxylic acids is 2. The molecular weight excluding hydrogens is 436 g/mol. The van der Waals surface area contributed by atoms with E-state index in [4.69, 9.17) is 0 Å². The van der Waals surface area contributed by atoms with Crippen molar-refractivity contribution in [3.8, 4) is 0 Å². The van der Waals surface area contributed by atoms with E-state index in [1.165, 1.54) is 18.4 Å². The Hall–Kier alpha value is -2.18. The van der Waals surface area contributed by atoms with E-state index in [0.29, 0.717) is 11.8 Å². The fraction of sp³-hybridized carbons (Fsp3) is 0.655. The summed E-state index contributed by atoms with van der Waals surface area (Å²) in [4.78, 5) is 35.4. The summed E-state index contributed by atoms with van der Waals surface area (Å²) >= 11 is 0. The third kappa shape index (κ3) is 5.64. The molecule has 6 heteroatoms. The molecule has 0 N–H and O–H groups in total. The fourth-order valence-corrected chi connectivity index (χ4v) is 6.47. The number of piperazine rings is 1. The Morgan fingerprint density at radius 1 is 0.886 bits per heavy atom. The number of nitrogens with zero attached hydrogens (tertiary/aromatic N) is 4. The molecule has 3 aliphatic heterocycles. The Morgan fingerprint density at radius 3 is 2.34 bits per heavy atom. The van der Waals surface area contributed by atoms with Gasteiger partial charge in [0.25, 0.3) is 0 Å². The van der Waals surface area contributed by atoms with E-state index in [9.17, 15) is 9.59 Å². The van der Waals surface area contributed by atoms with E-state index >= 15 is 0 Å². The van der Waals surface area contributed by atoms with Gasteiger partial charge in [-0.3, -0.25) is 19.4 Å². The van der Waals surface area contributed by atoms with Crippen molar-refractivity contribution >= 4 is 17.9 Å². The zero-order chi connectivity index (χ0) is 24.3. The highest BCUT2D eigenvalue weighted by molar-refractivity contribution is 5.84. The lowest BCUT2D eigenvalue weighted by atomic mass is 9.90. The molecule has 3 saturated heterocycles. The van der Waals surface area contributed by atoms with Crippen LogP contribution in [0.4, 0.5) is 0 Å². The largest absolute Gasteiger partial charge is 0.341 e. The van der Waals surface area contributed by atoms with Crippen molar-refractivity contribution in [3.63, 3.8) is 0 Å². The van der Waals surface area contributed by atoms with Crippen LogP contribution in [0, 0.1) is 11.3 Å². The molecule has 6 nitrogen and oxygen atoms in total. The second-order valence-corrected chi connectivity index (χ2v) is 11.2. The highest BCUT2D eigenvalue weighted by Crippen LogP contribution is 2.60. The van der Waals surface area contributed by atoms with Gasteiger partial charge in [-0.15, -0.1) is 0 Å². The van der Waals surface area contributed by atoms with Crippen molar-refractivity contribution in [2.75, 3.05) is 59.4 Å². The first kappa shape index (κ1) is 24.5. The quantitative estimate of drug-likeness (QED) is 0.651. The molecule has 190 valence electrons. The molecule has 2 atom stereocenters. The number of likely N-dealkylation sites (tertiary alicyclic amines) is 2. The van der Waals surface area contributed by atoms with Crippen LogP contribution in [0.5, 0.6) is 0 Å². The standard InChI is InChI=1S/C29H42N4O2/c1-30-15-7-3-6-12-26(30)28(35)32-17-13-29(14-18-32)23-25(29)27(34)33-21-19-31(20-22-33)16-8-11-24-9-4-2-5-10-24/h2,4-5,8-11,25-26H,3,6-7,12-23H2,1H3/b11-8+/t25-,26-/m0/s1. The van der Waals surface area contributed by atoms with E-state index in [1.54, 1.807) is 0 Å². The molecule has 0 aromatic heterocycles. The molecule has 1 spiro atoms. The number of benzene rings is 1. The smallest absolute Gasteiger partial charge is 0.239 e. The highest BCUT2D eigenvalue weighted by Gasteiger charge is 2.59. The van der Waals surface area contributed by atoms with Gasteiger partial charge in [0, 0.05) is 51.7 Å². The first-order valence-electron chi connectivity index (χ1n) is 13.8. The van der Waals surface area contributed by atoms with Crippen LogP contribution >= 0.6 is 0 Å². The van der Waals surface area contributed by atoms with Gasteiger partial charge in [0.15, 0.2) is 0 Å². The van der Waals surface area contributed by atoms with E-state index in [2.05, 4.69) is 63.1 Å². The highest BCUT2D eigenvalue weighted by atomic mass is 16.2. The molecule has 1 aliphatic carbocycles. The maximum atomic E-state index is 13.3. The van der Waals surface area contributed by atoms with E-state index < -0.39 is 0 Å². The number of likely N-dealkylation sites (N-methyl/N-ethyl adjacent to an activating group) is 1.